The molecule has 0 aromatic heterocycles. The van der Waals surface area contributed by atoms with Crippen molar-refractivity contribution in [1.29, 1.82) is 0 Å². The molecular formula is C11H19N3O2. The fourth-order valence-corrected chi connectivity index (χ4v) is 1.59. The van der Waals surface area contributed by atoms with Crippen molar-refractivity contribution < 1.29 is 9.59 Å². The maximum atomic E-state index is 11.5. The summed E-state index contributed by atoms with van der Waals surface area (Å²) in [7, 11) is 3.50. The summed E-state index contributed by atoms with van der Waals surface area (Å²) in [5, 5.41) is 0. The predicted octanol–water partition coefficient (Wildman–Crippen LogP) is -0.595. The molecule has 0 unspecified atom stereocenters. The number of nitrogens with zero attached hydrogens (tertiary/aromatic N) is 3. The second-order valence-corrected chi connectivity index (χ2v) is 4.09. The van der Waals surface area contributed by atoms with E-state index in [9.17, 15) is 9.59 Å². The van der Waals surface area contributed by atoms with Gasteiger partial charge in [-0.2, -0.15) is 0 Å². The summed E-state index contributed by atoms with van der Waals surface area (Å²) < 4.78 is 0. The van der Waals surface area contributed by atoms with Gasteiger partial charge in [0.25, 0.3) is 0 Å². The van der Waals surface area contributed by atoms with Crippen LogP contribution in [0, 0.1) is 0 Å². The molecule has 0 bridgehead atoms. The highest BCUT2D eigenvalue weighted by Gasteiger charge is 2.21. The molecule has 0 saturated carbocycles. The minimum Gasteiger partial charge on any atom is -0.348 e. The van der Waals surface area contributed by atoms with Crippen LogP contribution in [0.5, 0.6) is 0 Å². The number of likely N-dealkylation sites (N-methyl/N-ethyl adjacent to an activating group) is 1. The summed E-state index contributed by atoms with van der Waals surface area (Å²) in [5.41, 5.74) is 0. The first-order valence-electron chi connectivity index (χ1n) is 5.38. The summed E-state index contributed by atoms with van der Waals surface area (Å²) in [6, 6.07) is 0. The fraction of sp³-hybridized carbons (Fsp3) is 0.636. The standard InChI is InChI=1S/C11H19N3O2/c1-4-10(15)14-7-5-13(6-8-14)9-11(16)12(2)3/h4H,1,5-9H2,2-3H3. The van der Waals surface area contributed by atoms with Gasteiger partial charge in [-0.05, 0) is 6.08 Å². The van der Waals surface area contributed by atoms with Crippen LogP contribution in [0.25, 0.3) is 0 Å². The van der Waals surface area contributed by atoms with Crippen LogP contribution in [0.1, 0.15) is 0 Å². The minimum atomic E-state index is -0.0291. The van der Waals surface area contributed by atoms with Gasteiger partial charge in [0.1, 0.15) is 0 Å². The van der Waals surface area contributed by atoms with Crippen molar-refractivity contribution in [2.75, 3.05) is 46.8 Å². The smallest absolute Gasteiger partial charge is 0.246 e. The molecule has 1 fully saturated rings. The van der Waals surface area contributed by atoms with E-state index in [2.05, 4.69) is 11.5 Å². The Morgan fingerprint density at radius 2 is 1.81 bits per heavy atom. The van der Waals surface area contributed by atoms with Gasteiger partial charge in [0, 0.05) is 40.3 Å². The highest BCUT2D eigenvalue weighted by Crippen LogP contribution is 2.02. The van der Waals surface area contributed by atoms with Crippen molar-refractivity contribution in [2.45, 2.75) is 0 Å². The lowest BCUT2D eigenvalue weighted by Gasteiger charge is -2.34. The van der Waals surface area contributed by atoms with Crippen LogP contribution in [0.3, 0.4) is 0 Å². The van der Waals surface area contributed by atoms with Crippen LogP contribution in [0.15, 0.2) is 12.7 Å². The van der Waals surface area contributed by atoms with Gasteiger partial charge in [0.15, 0.2) is 0 Å². The lowest BCUT2D eigenvalue weighted by molar-refractivity contribution is -0.131. The minimum absolute atomic E-state index is 0.0291. The maximum Gasteiger partial charge on any atom is 0.246 e. The Bertz CT molecular complexity index is 281. The van der Waals surface area contributed by atoms with E-state index in [0.29, 0.717) is 19.6 Å². The summed E-state index contributed by atoms with van der Waals surface area (Å²) in [6.45, 7) is 6.74. The highest BCUT2D eigenvalue weighted by atomic mass is 16.2. The van der Waals surface area contributed by atoms with Gasteiger partial charge >= 0.3 is 0 Å². The van der Waals surface area contributed by atoms with Gasteiger partial charge in [-0.1, -0.05) is 6.58 Å². The molecule has 1 rings (SSSR count). The Hall–Kier alpha value is -1.36. The quantitative estimate of drug-likeness (QED) is 0.603. The van der Waals surface area contributed by atoms with Crippen LogP contribution in [-0.2, 0) is 9.59 Å². The van der Waals surface area contributed by atoms with Crippen LogP contribution in [0.4, 0.5) is 0 Å². The van der Waals surface area contributed by atoms with Crippen LogP contribution in [-0.4, -0.2) is 73.3 Å². The van der Waals surface area contributed by atoms with Crippen molar-refractivity contribution >= 4 is 11.8 Å². The highest BCUT2D eigenvalue weighted by molar-refractivity contribution is 5.87. The monoisotopic (exact) mass is 225 g/mol. The Morgan fingerprint density at radius 1 is 1.25 bits per heavy atom. The molecule has 0 atom stereocenters. The van der Waals surface area contributed by atoms with Gasteiger partial charge in [0.2, 0.25) is 11.8 Å². The third-order valence-corrected chi connectivity index (χ3v) is 2.72. The first-order chi connectivity index (χ1) is 7.54. The molecule has 1 aliphatic heterocycles. The molecule has 0 aromatic rings. The van der Waals surface area contributed by atoms with E-state index in [-0.39, 0.29) is 11.8 Å². The Balaban J connectivity index is 2.35. The Morgan fingerprint density at radius 3 is 2.25 bits per heavy atom. The Labute approximate surface area is 96.3 Å². The van der Waals surface area contributed by atoms with Crippen molar-refractivity contribution in [1.82, 2.24) is 14.7 Å². The van der Waals surface area contributed by atoms with Crippen molar-refractivity contribution in [3.63, 3.8) is 0 Å². The predicted molar refractivity (Wildman–Crippen MR) is 61.9 cm³/mol. The molecule has 16 heavy (non-hydrogen) atoms. The number of rotatable bonds is 3. The van der Waals surface area contributed by atoms with Crippen molar-refractivity contribution in [3.05, 3.63) is 12.7 Å². The normalized spacial score (nSPS) is 17.0. The molecule has 0 aromatic carbocycles. The number of amides is 2. The first kappa shape index (κ1) is 12.7. The second kappa shape index (κ2) is 5.65. The summed E-state index contributed by atoms with van der Waals surface area (Å²) in [5.74, 6) is 0.0714. The van der Waals surface area contributed by atoms with Crippen molar-refractivity contribution in [2.24, 2.45) is 0 Å². The number of hydrogen-bond donors (Lipinski definition) is 0. The lowest BCUT2D eigenvalue weighted by Crippen LogP contribution is -2.50. The number of hydrogen-bond acceptors (Lipinski definition) is 3. The summed E-state index contributed by atoms with van der Waals surface area (Å²) >= 11 is 0. The molecule has 2 amide bonds. The average Bonchev–Trinajstić information content (AvgIpc) is 2.28. The summed E-state index contributed by atoms with van der Waals surface area (Å²) in [4.78, 5) is 28.2. The van der Waals surface area contributed by atoms with E-state index in [1.165, 1.54) is 6.08 Å². The second-order valence-electron chi connectivity index (χ2n) is 4.09. The van der Waals surface area contributed by atoms with E-state index in [1.54, 1.807) is 23.9 Å². The van der Waals surface area contributed by atoms with Gasteiger partial charge in [-0.15, -0.1) is 0 Å². The first-order valence-corrected chi connectivity index (χ1v) is 5.38. The molecule has 1 heterocycles. The zero-order chi connectivity index (χ0) is 12.1. The van der Waals surface area contributed by atoms with Crippen LogP contribution in [0.2, 0.25) is 0 Å². The van der Waals surface area contributed by atoms with Gasteiger partial charge in [-0.25, -0.2) is 0 Å². The van der Waals surface area contributed by atoms with E-state index in [4.69, 9.17) is 0 Å². The fourth-order valence-electron chi connectivity index (χ4n) is 1.59. The van der Waals surface area contributed by atoms with E-state index < -0.39 is 0 Å². The Kier molecular flexibility index (Phi) is 4.49. The topological polar surface area (TPSA) is 43.9 Å². The molecule has 90 valence electrons. The molecule has 1 saturated heterocycles. The molecular weight excluding hydrogens is 206 g/mol. The maximum absolute atomic E-state index is 11.5. The SMILES string of the molecule is C=CC(=O)N1CCN(CC(=O)N(C)C)CC1. The van der Waals surface area contributed by atoms with Crippen LogP contribution < -0.4 is 0 Å². The zero-order valence-electron chi connectivity index (χ0n) is 9.98. The molecule has 0 N–H and O–H groups in total. The van der Waals surface area contributed by atoms with Crippen molar-refractivity contribution in [3.8, 4) is 0 Å². The van der Waals surface area contributed by atoms with Gasteiger partial charge in [0.05, 0.1) is 6.54 Å². The average molecular weight is 225 g/mol. The largest absolute Gasteiger partial charge is 0.348 e. The third kappa shape index (κ3) is 3.34. The summed E-state index contributed by atoms with van der Waals surface area (Å²) in [6.07, 6.45) is 1.33. The van der Waals surface area contributed by atoms with Crippen LogP contribution >= 0.6 is 0 Å². The van der Waals surface area contributed by atoms with Gasteiger partial charge < -0.3 is 9.80 Å². The number of piperazine rings is 1. The lowest BCUT2D eigenvalue weighted by atomic mass is 10.3. The molecule has 0 aliphatic carbocycles. The van der Waals surface area contributed by atoms with E-state index in [0.717, 1.165) is 13.1 Å². The van der Waals surface area contributed by atoms with E-state index in [1.807, 2.05) is 0 Å². The molecule has 5 heteroatoms. The zero-order valence-corrected chi connectivity index (χ0v) is 9.98. The molecule has 5 nitrogen and oxygen atoms in total. The van der Waals surface area contributed by atoms with E-state index >= 15 is 0 Å². The molecule has 0 radical (unpaired) electrons. The number of carbonyl (C=O) groups excluding carboxylic acids is 2. The molecule has 0 spiro atoms. The molecule has 1 aliphatic rings. The number of carbonyl (C=O) groups is 2. The van der Waals surface area contributed by atoms with Gasteiger partial charge in [-0.3, -0.25) is 14.5 Å². The third-order valence-electron chi connectivity index (χ3n) is 2.72.